The van der Waals surface area contributed by atoms with E-state index in [4.69, 9.17) is 4.74 Å². The molecule has 0 radical (unpaired) electrons. The molecule has 0 fully saturated rings. The first kappa shape index (κ1) is 9.34. The Bertz CT molecular complexity index is 325. The SMILES string of the molecule is CN[C@@H](C)Cc1ccc2c(c1)OCN2. The highest BCUT2D eigenvalue weighted by molar-refractivity contribution is 5.60. The minimum Gasteiger partial charge on any atom is -0.471 e. The highest BCUT2D eigenvalue weighted by Crippen LogP contribution is 2.29. The van der Waals surface area contributed by atoms with Gasteiger partial charge in [0.2, 0.25) is 0 Å². The van der Waals surface area contributed by atoms with Crippen molar-refractivity contribution in [3.8, 4) is 5.75 Å². The second-order valence-corrected chi connectivity index (χ2v) is 3.69. The van der Waals surface area contributed by atoms with Crippen LogP contribution in [0.4, 0.5) is 5.69 Å². The Morgan fingerprint density at radius 2 is 2.43 bits per heavy atom. The first-order valence-corrected chi connectivity index (χ1v) is 4.96. The summed E-state index contributed by atoms with van der Waals surface area (Å²) in [4.78, 5) is 0. The van der Waals surface area contributed by atoms with Crippen LogP contribution in [0.2, 0.25) is 0 Å². The summed E-state index contributed by atoms with van der Waals surface area (Å²) in [6.07, 6.45) is 1.03. The predicted molar refractivity (Wildman–Crippen MR) is 57.8 cm³/mol. The van der Waals surface area contributed by atoms with Crippen LogP contribution in [0.25, 0.3) is 0 Å². The summed E-state index contributed by atoms with van der Waals surface area (Å²) in [5.41, 5.74) is 2.42. The highest BCUT2D eigenvalue weighted by atomic mass is 16.5. The monoisotopic (exact) mass is 192 g/mol. The van der Waals surface area contributed by atoms with Crippen LogP contribution in [0.3, 0.4) is 0 Å². The molecule has 1 aromatic rings. The lowest BCUT2D eigenvalue weighted by molar-refractivity contribution is 0.372. The number of hydrogen-bond donors (Lipinski definition) is 2. The Hall–Kier alpha value is -1.22. The van der Waals surface area contributed by atoms with Gasteiger partial charge in [0, 0.05) is 6.04 Å². The van der Waals surface area contributed by atoms with E-state index >= 15 is 0 Å². The maximum atomic E-state index is 5.42. The molecule has 1 aromatic carbocycles. The van der Waals surface area contributed by atoms with Gasteiger partial charge in [0.1, 0.15) is 5.75 Å². The molecule has 1 aliphatic heterocycles. The third kappa shape index (κ3) is 1.82. The van der Waals surface area contributed by atoms with Crippen LogP contribution in [0, 0.1) is 0 Å². The molecule has 2 N–H and O–H groups in total. The van der Waals surface area contributed by atoms with Crippen molar-refractivity contribution in [3.05, 3.63) is 23.8 Å². The summed E-state index contributed by atoms with van der Waals surface area (Å²) in [7, 11) is 1.98. The zero-order valence-corrected chi connectivity index (χ0v) is 8.63. The minimum atomic E-state index is 0.502. The van der Waals surface area contributed by atoms with Crippen molar-refractivity contribution in [2.45, 2.75) is 19.4 Å². The maximum absolute atomic E-state index is 5.42. The minimum absolute atomic E-state index is 0.502. The van der Waals surface area contributed by atoms with Crippen LogP contribution in [0.5, 0.6) is 5.75 Å². The van der Waals surface area contributed by atoms with Gasteiger partial charge in [-0.3, -0.25) is 0 Å². The quantitative estimate of drug-likeness (QED) is 0.763. The molecule has 1 atom stereocenters. The molecule has 0 bridgehead atoms. The van der Waals surface area contributed by atoms with Gasteiger partial charge in [-0.15, -0.1) is 0 Å². The fourth-order valence-electron chi connectivity index (χ4n) is 1.61. The lowest BCUT2D eigenvalue weighted by atomic mass is 10.1. The lowest BCUT2D eigenvalue weighted by Gasteiger charge is -2.10. The molecule has 3 nitrogen and oxygen atoms in total. The van der Waals surface area contributed by atoms with Crippen molar-refractivity contribution < 1.29 is 4.74 Å². The fourth-order valence-corrected chi connectivity index (χ4v) is 1.61. The molecule has 0 unspecified atom stereocenters. The molecule has 0 saturated carbocycles. The number of ether oxygens (including phenoxy) is 1. The summed E-state index contributed by atoms with van der Waals surface area (Å²) in [5.74, 6) is 0.978. The average molecular weight is 192 g/mol. The molecular formula is C11H16N2O. The molecule has 0 spiro atoms. The molecule has 1 heterocycles. The van der Waals surface area contributed by atoms with Crippen molar-refractivity contribution in [2.75, 3.05) is 19.1 Å². The van der Waals surface area contributed by atoms with Crippen molar-refractivity contribution in [1.29, 1.82) is 0 Å². The zero-order chi connectivity index (χ0) is 9.97. The number of rotatable bonds is 3. The van der Waals surface area contributed by atoms with Crippen molar-refractivity contribution in [3.63, 3.8) is 0 Å². The largest absolute Gasteiger partial charge is 0.471 e. The van der Waals surface area contributed by atoms with E-state index in [0.717, 1.165) is 17.9 Å². The third-order valence-electron chi connectivity index (χ3n) is 2.57. The maximum Gasteiger partial charge on any atom is 0.159 e. The van der Waals surface area contributed by atoms with Gasteiger partial charge < -0.3 is 15.4 Å². The molecule has 0 aliphatic carbocycles. The van der Waals surface area contributed by atoms with E-state index in [1.54, 1.807) is 0 Å². The summed E-state index contributed by atoms with van der Waals surface area (Å²) in [5, 5.41) is 6.38. The first-order valence-electron chi connectivity index (χ1n) is 4.96. The predicted octanol–water partition coefficient (Wildman–Crippen LogP) is 1.60. The van der Waals surface area contributed by atoms with Crippen LogP contribution in [0.15, 0.2) is 18.2 Å². The number of anilines is 1. The summed E-state index contributed by atoms with van der Waals surface area (Å²) in [6.45, 7) is 2.77. The molecule has 0 aromatic heterocycles. The van der Waals surface area contributed by atoms with E-state index in [1.165, 1.54) is 5.56 Å². The van der Waals surface area contributed by atoms with Gasteiger partial charge >= 0.3 is 0 Å². The number of likely N-dealkylation sites (N-methyl/N-ethyl adjacent to an activating group) is 1. The first-order chi connectivity index (χ1) is 6.79. The second-order valence-electron chi connectivity index (χ2n) is 3.69. The van der Waals surface area contributed by atoms with Gasteiger partial charge in [0.05, 0.1) is 5.69 Å². The van der Waals surface area contributed by atoms with Crippen molar-refractivity contribution >= 4 is 5.69 Å². The van der Waals surface area contributed by atoms with Crippen LogP contribution < -0.4 is 15.4 Å². The van der Waals surface area contributed by atoms with E-state index in [9.17, 15) is 0 Å². The molecule has 76 valence electrons. The van der Waals surface area contributed by atoms with Crippen molar-refractivity contribution in [1.82, 2.24) is 5.32 Å². The molecular weight excluding hydrogens is 176 g/mol. The van der Waals surface area contributed by atoms with Gasteiger partial charge in [-0.05, 0) is 38.1 Å². The molecule has 1 aliphatic rings. The second kappa shape index (κ2) is 3.88. The van der Waals surface area contributed by atoms with E-state index < -0.39 is 0 Å². The van der Waals surface area contributed by atoms with Gasteiger partial charge in [0.15, 0.2) is 6.73 Å². The molecule has 3 heteroatoms. The number of nitrogens with one attached hydrogen (secondary N) is 2. The Morgan fingerprint density at radius 1 is 1.57 bits per heavy atom. The lowest BCUT2D eigenvalue weighted by Crippen LogP contribution is -2.23. The topological polar surface area (TPSA) is 33.3 Å². The third-order valence-corrected chi connectivity index (χ3v) is 2.57. The molecule has 14 heavy (non-hydrogen) atoms. The number of fused-ring (bicyclic) bond motifs is 1. The van der Waals surface area contributed by atoms with Crippen LogP contribution in [-0.2, 0) is 6.42 Å². The van der Waals surface area contributed by atoms with Crippen LogP contribution in [0.1, 0.15) is 12.5 Å². The van der Waals surface area contributed by atoms with Gasteiger partial charge in [-0.1, -0.05) is 6.07 Å². The van der Waals surface area contributed by atoms with Gasteiger partial charge in [-0.2, -0.15) is 0 Å². The van der Waals surface area contributed by atoms with E-state index in [1.807, 2.05) is 7.05 Å². The molecule has 0 saturated heterocycles. The van der Waals surface area contributed by atoms with Crippen LogP contribution >= 0.6 is 0 Å². The standard InChI is InChI=1S/C11H16N2O/c1-8(12-2)5-9-3-4-10-11(6-9)14-7-13-10/h3-4,6,8,12-13H,5,7H2,1-2H3/t8-/m0/s1. The smallest absolute Gasteiger partial charge is 0.159 e. The highest BCUT2D eigenvalue weighted by Gasteiger charge is 2.11. The summed E-state index contributed by atoms with van der Waals surface area (Å²) < 4.78 is 5.42. The number of benzene rings is 1. The fraction of sp³-hybridized carbons (Fsp3) is 0.455. The summed E-state index contributed by atoms with van der Waals surface area (Å²) >= 11 is 0. The summed E-state index contributed by atoms with van der Waals surface area (Å²) in [6, 6.07) is 6.85. The van der Waals surface area contributed by atoms with E-state index in [2.05, 4.69) is 35.8 Å². The van der Waals surface area contributed by atoms with Gasteiger partial charge in [0.25, 0.3) is 0 Å². The Morgan fingerprint density at radius 3 is 3.21 bits per heavy atom. The average Bonchev–Trinajstić information content (AvgIpc) is 2.64. The van der Waals surface area contributed by atoms with E-state index in [0.29, 0.717) is 12.8 Å². The Kier molecular flexibility index (Phi) is 2.59. The zero-order valence-electron chi connectivity index (χ0n) is 8.63. The Balaban J connectivity index is 2.12. The molecule has 0 amide bonds. The normalized spacial score (nSPS) is 15.6. The molecule has 2 rings (SSSR count). The van der Waals surface area contributed by atoms with E-state index in [-0.39, 0.29) is 0 Å². The number of hydrogen-bond acceptors (Lipinski definition) is 3. The Labute approximate surface area is 84.5 Å². The van der Waals surface area contributed by atoms with Gasteiger partial charge in [-0.25, -0.2) is 0 Å². The van der Waals surface area contributed by atoms with Crippen molar-refractivity contribution in [2.24, 2.45) is 0 Å². The van der Waals surface area contributed by atoms with Crippen LogP contribution in [-0.4, -0.2) is 19.8 Å².